The molecule has 0 unspecified atom stereocenters. The quantitative estimate of drug-likeness (QED) is 0.201. The van der Waals surface area contributed by atoms with Crippen LogP contribution in [0.3, 0.4) is 0 Å². The van der Waals surface area contributed by atoms with Crippen LogP contribution in [0.4, 0.5) is 8.78 Å². The summed E-state index contributed by atoms with van der Waals surface area (Å²) in [6.07, 6.45) is 0.970. The van der Waals surface area contributed by atoms with Gasteiger partial charge in [0.1, 0.15) is 18.1 Å². The molecule has 254 valence electrons. The smallest absolute Gasteiger partial charge is 0.274 e. The lowest BCUT2D eigenvalue weighted by atomic mass is 9.90. The molecular formula is C36H37F2N7O4. The predicted octanol–water partition coefficient (Wildman–Crippen LogP) is 5.03. The van der Waals surface area contributed by atoms with Crippen LogP contribution in [0.5, 0.6) is 5.75 Å². The molecule has 1 atom stereocenters. The number of H-pyrrole nitrogens is 1. The number of pyridine rings is 1. The Morgan fingerprint density at radius 2 is 1.82 bits per heavy atom. The highest BCUT2D eigenvalue weighted by Gasteiger charge is 2.33. The van der Waals surface area contributed by atoms with E-state index in [9.17, 15) is 18.8 Å². The van der Waals surface area contributed by atoms with Crippen molar-refractivity contribution in [2.75, 3.05) is 6.54 Å². The first-order chi connectivity index (χ1) is 23.5. The molecule has 6 rings (SSSR count). The average Bonchev–Trinajstić information content (AvgIpc) is 3.49. The Balaban J connectivity index is 1.24. The monoisotopic (exact) mass is 669 g/mol. The molecule has 1 aliphatic rings. The standard InChI is InChI=1S/C36H37F2N7O4/c1-20(2)25(16-29-27(38)18-39-34(41-29)31-26-14-23(37)10-11-28(26)42-43-31)35(47)40-17-24-15-30(46)33(49-19-22-8-6-5-7-9-22)32-36(48)44(21(3)4)12-13-45(24)32/h5-11,14-15,18,20-21,25H,12-13,16-17,19H2,1-4H3,(H,40,47)(H,42,43)/t25-/m0/s1. The van der Waals surface area contributed by atoms with E-state index in [2.05, 4.69) is 25.5 Å². The second-order valence-corrected chi connectivity index (χ2v) is 12.7. The van der Waals surface area contributed by atoms with Gasteiger partial charge < -0.3 is 19.5 Å². The number of benzene rings is 2. The highest BCUT2D eigenvalue weighted by molar-refractivity contribution is 5.96. The number of amides is 2. The molecule has 2 aromatic carbocycles. The van der Waals surface area contributed by atoms with Crippen molar-refractivity contribution in [2.24, 2.45) is 11.8 Å². The minimum atomic E-state index is -0.704. The summed E-state index contributed by atoms with van der Waals surface area (Å²) >= 11 is 0. The molecule has 0 saturated carbocycles. The van der Waals surface area contributed by atoms with Gasteiger partial charge in [0.05, 0.1) is 24.0 Å². The Morgan fingerprint density at radius 1 is 1.04 bits per heavy atom. The van der Waals surface area contributed by atoms with Gasteiger partial charge in [-0.25, -0.2) is 18.7 Å². The molecule has 0 saturated heterocycles. The van der Waals surface area contributed by atoms with Crippen LogP contribution < -0.4 is 15.5 Å². The molecular weight excluding hydrogens is 632 g/mol. The topological polar surface area (TPSA) is 135 Å². The molecule has 0 fully saturated rings. The lowest BCUT2D eigenvalue weighted by Gasteiger charge is -2.35. The fourth-order valence-corrected chi connectivity index (χ4v) is 6.06. The number of nitrogens with zero attached hydrogens (tertiary/aromatic N) is 5. The minimum Gasteiger partial charge on any atom is -0.483 e. The van der Waals surface area contributed by atoms with E-state index in [-0.39, 0.29) is 72.0 Å². The lowest BCUT2D eigenvalue weighted by molar-refractivity contribution is -0.126. The third-order valence-electron chi connectivity index (χ3n) is 8.78. The van der Waals surface area contributed by atoms with Crippen LogP contribution in [0, 0.1) is 23.5 Å². The molecule has 1 aliphatic heterocycles. The van der Waals surface area contributed by atoms with Crippen LogP contribution in [-0.2, 0) is 30.9 Å². The Hall–Kier alpha value is -5.46. The van der Waals surface area contributed by atoms with E-state index in [0.717, 1.165) is 11.8 Å². The van der Waals surface area contributed by atoms with Crippen molar-refractivity contribution in [2.45, 2.75) is 59.9 Å². The van der Waals surface area contributed by atoms with E-state index in [4.69, 9.17) is 4.74 Å². The zero-order valence-corrected chi connectivity index (χ0v) is 27.7. The molecule has 4 heterocycles. The van der Waals surface area contributed by atoms with Crippen molar-refractivity contribution in [3.05, 3.63) is 105 Å². The van der Waals surface area contributed by atoms with Gasteiger partial charge in [0, 0.05) is 48.6 Å². The Labute approximate surface area is 281 Å². The number of aromatic nitrogens is 5. The first kappa shape index (κ1) is 33.4. The molecule has 0 spiro atoms. The maximum absolute atomic E-state index is 15.1. The number of fused-ring (bicyclic) bond motifs is 2. The van der Waals surface area contributed by atoms with Crippen molar-refractivity contribution in [1.82, 2.24) is 34.9 Å². The molecule has 49 heavy (non-hydrogen) atoms. The summed E-state index contributed by atoms with van der Waals surface area (Å²) in [5, 5.41) is 10.4. The first-order valence-corrected chi connectivity index (χ1v) is 16.2. The second kappa shape index (κ2) is 14.0. The molecule has 2 amide bonds. The van der Waals surface area contributed by atoms with Crippen molar-refractivity contribution in [3.63, 3.8) is 0 Å². The maximum atomic E-state index is 15.1. The van der Waals surface area contributed by atoms with E-state index in [1.54, 1.807) is 9.47 Å². The molecule has 3 aromatic heterocycles. The normalized spacial score (nSPS) is 13.6. The third-order valence-corrected chi connectivity index (χ3v) is 8.78. The SMILES string of the molecule is CC(C)[C@H](Cc1nc(-c2n[nH]c3ccc(F)cc23)ncc1F)C(=O)NCc1cc(=O)c(OCc2ccccc2)c2n1CCN(C(C)C)C2=O. The molecule has 5 aromatic rings. The van der Waals surface area contributed by atoms with Crippen LogP contribution in [0.2, 0.25) is 0 Å². The fraction of sp³-hybridized carbons (Fsp3) is 0.333. The molecule has 11 nitrogen and oxygen atoms in total. The zero-order valence-electron chi connectivity index (χ0n) is 27.7. The Kier molecular flexibility index (Phi) is 9.52. The largest absolute Gasteiger partial charge is 0.483 e. The van der Waals surface area contributed by atoms with Gasteiger partial charge in [0.25, 0.3) is 5.91 Å². The number of aromatic amines is 1. The van der Waals surface area contributed by atoms with Gasteiger partial charge in [-0.3, -0.25) is 19.5 Å². The Bertz CT molecular complexity index is 2080. The third kappa shape index (κ3) is 6.92. The summed E-state index contributed by atoms with van der Waals surface area (Å²) in [5.41, 5.74) is 1.83. The summed E-state index contributed by atoms with van der Waals surface area (Å²) in [7, 11) is 0. The molecule has 2 N–H and O–H groups in total. The van der Waals surface area contributed by atoms with Gasteiger partial charge in [-0.15, -0.1) is 0 Å². The highest BCUT2D eigenvalue weighted by Crippen LogP contribution is 2.27. The van der Waals surface area contributed by atoms with E-state index in [1.165, 1.54) is 24.3 Å². The minimum absolute atomic E-state index is 0.0132. The van der Waals surface area contributed by atoms with Crippen LogP contribution >= 0.6 is 0 Å². The van der Waals surface area contributed by atoms with Crippen molar-refractivity contribution in [3.8, 4) is 17.3 Å². The number of hydrogen-bond acceptors (Lipinski definition) is 7. The average molecular weight is 670 g/mol. The van der Waals surface area contributed by atoms with Crippen LogP contribution in [0.15, 0.2) is 65.6 Å². The summed E-state index contributed by atoms with van der Waals surface area (Å²) in [6, 6.07) is 14.8. The summed E-state index contributed by atoms with van der Waals surface area (Å²) in [4.78, 5) is 51.0. The summed E-state index contributed by atoms with van der Waals surface area (Å²) in [6.45, 7) is 8.41. The first-order valence-electron chi connectivity index (χ1n) is 16.2. The molecule has 0 bridgehead atoms. The number of carbonyl (C=O) groups is 2. The van der Waals surface area contributed by atoms with Gasteiger partial charge in [0.2, 0.25) is 11.3 Å². The number of carbonyl (C=O) groups excluding carboxylic acids is 2. The Morgan fingerprint density at radius 3 is 2.55 bits per heavy atom. The maximum Gasteiger partial charge on any atom is 0.274 e. The second-order valence-electron chi connectivity index (χ2n) is 12.7. The zero-order chi connectivity index (χ0) is 34.8. The van der Waals surface area contributed by atoms with Gasteiger partial charge in [-0.2, -0.15) is 5.10 Å². The van der Waals surface area contributed by atoms with E-state index >= 15 is 4.39 Å². The summed E-state index contributed by atoms with van der Waals surface area (Å²) in [5.74, 6) is -2.71. The van der Waals surface area contributed by atoms with Crippen LogP contribution in [0.1, 0.15) is 55.1 Å². The summed E-state index contributed by atoms with van der Waals surface area (Å²) < 4.78 is 36.7. The molecule has 0 aliphatic carbocycles. The van der Waals surface area contributed by atoms with Crippen molar-refractivity contribution >= 4 is 22.7 Å². The highest BCUT2D eigenvalue weighted by atomic mass is 19.1. The van der Waals surface area contributed by atoms with E-state index < -0.39 is 23.0 Å². The van der Waals surface area contributed by atoms with Gasteiger partial charge in [-0.05, 0) is 43.5 Å². The van der Waals surface area contributed by atoms with Crippen molar-refractivity contribution in [1.29, 1.82) is 0 Å². The number of nitrogens with one attached hydrogen (secondary N) is 2. The van der Waals surface area contributed by atoms with Crippen LogP contribution in [0.25, 0.3) is 22.4 Å². The lowest BCUT2D eigenvalue weighted by Crippen LogP contribution is -2.46. The molecule has 13 heteroatoms. The molecule has 0 radical (unpaired) electrons. The van der Waals surface area contributed by atoms with Gasteiger partial charge in [-0.1, -0.05) is 44.2 Å². The number of halogens is 2. The van der Waals surface area contributed by atoms with Crippen LogP contribution in [-0.4, -0.2) is 54.0 Å². The number of ether oxygens (including phenoxy) is 1. The number of hydrogen-bond donors (Lipinski definition) is 2. The van der Waals surface area contributed by atoms with Crippen molar-refractivity contribution < 1.29 is 23.1 Å². The van der Waals surface area contributed by atoms with E-state index in [0.29, 0.717) is 29.7 Å². The van der Waals surface area contributed by atoms with Gasteiger partial charge >= 0.3 is 0 Å². The number of rotatable bonds is 11. The van der Waals surface area contributed by atoms with E-state index in [1.807, 2.05) is 58.0 Å². The fourth-order valence-electron chi connectivity index (χ4n) is 6.06. The van der Waals surface area contributed by atoms with Gasteiger partial charge in [0.15, 0.2) is 23.1 Å². The predicted molar refractivity (Wildman–Crippen MR) is 179 cm³/mol.